The summed E-state index contributed by atoms with van der Waals surface area (Å²) >= 11 is 0. The number of fused-ring (bicyclic) bond motifs is 1. The normalized spacial score (nSPS) is 10.8. The maximum absolute atomic E-state index is 9.50. The SMILES string of the molecule is Cn1c(COc2ccccc2)cc2cc(O)ccc21. The summed E-state index contributed by atoms with van der Waals surface area (Å²) in [4.78, 5) is 0. The molecule has 0 aliphatic rings. The Hall–Kier alpha value is -2.42. The van der Waals surface area contributed by atoms with E-state index in [2.05, 4.69) is 4.57 Å². The lowest BCUT2D eigenvalue weighted by molar-refractivity contribution is 0.298. The largest absolute Gasteiger partial charge is 0.508 e. The second kappa shape index (κ2) is 4.69. The molecule has 3 rings (SSSR count). The number of rotatable bonds is 3. The number of para-hydroxylation sites is 1. The third-order valence-electron chi connectivity index (χ3n) is 3.26. The Morgan fingerprint density at radius 1 is 1.05 bits per heavy atom. The fraction of sp³-hybridized carbons (Fsp3) is 0.125. The van der Waals surface area contributed by atoms with Crippen LogP contribution in [-0.2, 0) is 13.7 Å². The number of hydrogen-bond donors (Lipinski definition) is 1. The number of phenols is 1. The van der Waals surface area contributed by atoms with Crippen molar-refractivity contribution in [2.45, 2.75) is 6.61 Å². The van der Waals surface area contributed by atoms with Gasteiger partial charge in [0.2, 0.25) is 0 Å². The molecule has 96 valence electrons. The van der Waals surface area contributed by atoms with Crippen molar-refractivity contribution in [3.63, 3.8) is 0 Å². The molecule has 0 atom stereocenters. The van der Waals surface area contributed by atoms with Crippen LogP contribution in [0.3, 0.4) is 0 Å². The van der Waals surface area contributed by atoms with Gasteiger partial charge < -0.3 is 14.4 Å². The van der Waals surface area contributed by atoms with Gasteiger partial charge in [0, 0.05) is 18.0 Å². The highest BCUT2D eigenvalue weighted by molar-refractivity contribution is 5.82. The molecule has 0 saturated heterocycles. The first-order chi connectivity index (χ1) is 9.24. The van der Waals surface area contributed by atoms with E-state index in [0.29, 0.717) is 6.61 Å². The Labute approximate surface area is 111 Å². The number of hydrogen-bond acceptors (Lipinski definition) is 2. The molecule has 1 aromatic heterocycles. The molecule has 0 aliphatic carbocycles. The van der Waals surface area contributed by atoms with Gasteiger partial charge in [0.25, 0.3) is 0 Å². The van der Waals surface area contributed by atoms with Crippen molar-refractivity contribution in [2.75, 3.05) is 0 Å². The van der Waals surface area contributed by atoms with E-state index in [1.54, 1.807) is 12.1 Å². The number of aromatic nitrogens is 1. The zero-order chi connectivity index (χ0) is 13.2. The Morgan fingerprint density at radius 2 is 1.84 bits per heavy atom. The fourth-order valence-corrected chi connectivity index (χ4v) is 2.21. The maximum atomic E-state index is 9.50. The van der Waals surface area contributed by atoms with E-state index < -0.39 is 0 Å². The molecular weight excluding hydrogens is 238 g/mol. The Morgan fingerprint density at radius 3 is 2.63 bits per heavy atom. The van der Waals surface area contributed by atoms with Crippen LogP contribution < -0.4 is 4.74 Å². The molecule has 3 nitrogen and oxygen atoms in total. The van der Waals surface area contributed by atoms with E-state index in [0.717, 1.165) is 22.3 Å². The van der Waals surface area contributed by atoms with Crippen molar-refractivity contribution in [1.29, 1.82) is 0 Å². The molecule has 0 amide bonds. The number of aryl methyl sites for hydroxylation is 1. The molecule has 1 heterocycles. The molecule has 0 saturated carbocycles. The van der Waals surface area contributed by atoms with Gasteiger partial charge in [-0.3, -0.25) is 0 Å². The molecule has 2 aromatic carbocycles. The van der Waals surface area contributed by atoms with Crippen LogP contribution in [-0.4, -0.2) is 9.67 Å². The molecule has 0 fully saturated rings. The predicted octanol–water partition coefficient (Wildman–Crippen LogP) is 3.46. The molecule has 0 aliphatic heterocycles. The monoisotopic (exact) mass is 253 g/mol. The minimum atomic E-state index is 0.286. The summed E-state index contributed by atoms with van der Waals surface area (Å²) in [6.45, 7) is 0.510. The van der Waals surface area contributed by atoms with Gasteiger partial charge in [-0.25, -0.2) is 0 Å². The van der Waals surface area contributed by atoms with E-state index in [1.807, 2.05) is 49.5 Å². The van der Waals surface area contributed by atoms with Gasteiger partial charge in [-0.1, -0.05) is 18.2 Å². The molecule has 3 aromatic rings. The van der Waals surface area contributed by atoms with Crippen LogP contribution in [0, 0.1) is 0 Å². The number of benzene rings is 2. The van der Waals surface area contributed by atoms with Gasteiger partial charge in [-0.2, -0.15) is 0 Å². The summed E-state index contributed by atoms with van der Waals surface area (Å²) in [5.41, 5.74) is 2.16. The Balaban J connectivity index is 1.87. The molecule has 3 heteroatoms. The first-order valence-electron chi connectivity index (χ1n) is 6.19. The quantitative estimate of drug-likeness (QED) is 0.775. The second-order valence-electron chi connectivity index (χ2n) is 4.54. The summed E-state index contributed by atoms with van der Waals surface area (Å²) in [5.74, 6) is 1.14. The first kappa shape index (κ1) is 11.7. The maximum Gasteiger partial charge on any atom is 0.128 e. The Kier molecular flexibility index (Phi) is 2.88. The van der Waals surface area contributed by atoms with Gasteiger partial charge in [-0.05, 0) is 36.4 Å². The highest BCUT2D eigenvalue weighted by Crippen LogP contribution is 2.24. The molecule has 0 radical (unpaired) electrons. The van der Waals surface area contributed by atoms with Crippen molar-refractivity contribution in [3.05, 3.63) is 60.3 Å². The average Bonchev–Trinajstić information content (AvgIpc) is 2.74. The summed E-state index contributed by atoms with van der Waals surface area (Å²) < 4.78 is 7.83. The lowest BCUT2D eigenvalue weighted by Gasteiger charge is -2.07. The first-order valence-corrected chi connectivity index (χ1v) is 6.19. The summed E-state index contributed by atoms with van der Waals surface area (Å²) in [5, 5.41) is 10.5. The van der Waals surface area contributed by atoms with Crippen LogP contribution in [0.15, 0.2) is 54.6 Å². The third kappa shape index (κ3) is 2.27. The minimum Gasteiger partial charge on any atom is -0.508 e. The van der Waals surface area contributed by atoms with E-state index in [4.69, 9.17) is 4.74 Å². The van der Waals surface area contributed by atoms with Gasteiger partial charge in [0.1, 0.15) is 18.1 Å². The van der Waals surface area contributed by atoms with Crippen LogP contribution >= 0.6 is 0 Å². The molecule has 0 spiro atoms. The Bertz CT molecular complexity index is 701. The van der Waals surface area contributed by atoms with E-state index in [-0.39, 0.29) is 5.75 Å². The average molecular weight is 253 g/mol. The second-order valence-corrected chi connectivity index (χ2v) is 4.54. The van der Waals surface area contributed by atoms with E-state index in [9.17, 15) is 5.11 Å². The van der Waals surface area contributed by atoms with Crippen LogP contribution in [0.25, 0.3) is 10.9 Å². The summed E-state index contributed by atoms with van der Waals surface area (Å²) in [6.07, 6.45) is 0. The molecule has 1 N–H and O–H groups in total. The van der Waals surface area contributed by atoms with Crippen molar-refractivity contribution in [2.24, 2.45) is 7.05 Å². The van der Waals surface area contributed by atoms with Gasteiger partial charge >= 0.3 is 0 Å². The molecule has 19 heavy (non-hydrogen) atoms. The standard InChI is InChI=1S/C16H15NO2/c1-17-13(11-19-15-5-3-2-4-6-15)9-12-10-14(18)7-8-16(12)17/h2-10,18H,11H2,1H3. The van der Waals surface area contributed by atoms with Crippen molar-refractivity contribution < 1.29 is 9.84 Å². The van der Waals surface area contributed by atoms with Gasteiger partial charge in [0.15, 0.2) is 0 Å². The van der Waals surface area contributed by atoms with Gasteiger partial charge in [-0.15, -0.1) is 0 Å². The molecular formula is C16H15NO2. The molecule has 0 bridgehead atoms. The lowest BCUT2D eigenvalue weighted by atomic mass is 10.2. The predicted molar refractivity (Wildman–Crippen MR) is 75.4 cm³/mol. The minimum absolute atomic E-state index is 0.286. The summed E-state index contributed by atoms with van der Waals surface area (Å²) in [6, 6.07) is 17.2. The zero-order valence-corrected chi connectivity index (χ0v) is 10.7. The highest BCUT2D eigenvalue weighted by atomic mass is 16.5. The van der Waals surface area contributed by atoms with Crippen LogP contribution in [0.5, 0.6) is 11.5 Å². The van der Waals surface area contributed by atoms with E-state index >= 15 is 0 Å². The third-order valence-corrected chi connectivity index (χ3v) is 3.26. The van der Waals surface area contributed by atoms with Crippen molar-refractivity contribution in [3.8, 4) is 11.5 Å². The lowest BCUT2D eigenvalue weighted by Crippen LogP contribution is -2.01. The van der Waals surface area contributed by atoms with Gasteiger partial charge in [0.05, 0.1) is 5.69 Å². The van der Waals surface area contributed by atoms with Crippen LogP contribution in [0.1, 0.15) is 5.69 Å². The van der Waals surface area contributed by atoms with Crippen LogP contribution in [0.4, 0.5) is 0 Å². The molecule has 0 unspecified atom stereocenters. The fourth-order valence-electron chi connectivity index (χ4n) is 2.21. The van der Waals surface area contributed by atoms with Crippen LogP contribution in [0.2, 0.25) is 0 Å². The van der Waals surface area contributed by atoms with Crippen molar-refractivity contribution >= 4 is 10.9 Å². The topological polar surface area (TPSA) is 34.4 Å². The number of ether oxygens (including phenoxy) is 1. The highest BCUT2D eigenvalue weighted by Gasteiger charge is 2.06. The smallest absolute Gasteiger partial charge is 0.128 e. The number of phenolic OH excluding ortho intramolecular Hbond substituents is 1. The number of nitrogens with zero attached hydrogens (tertiary/aromatic N) is 1. The summed E-state index contributed by atoms with van der Waals surface area (Å²) in [7, 11) is 2.00. The zero-order valence-electron chi connectivity index (χ0n) is 10.7. The van der Waals surface area contributed by atoms with E-state index in [1.165, 1.54) is 0 Å². The number of aromatic hydroxyl groups is 1. The van der Waals surface area contributed by atoms with Crippen molar-refractivity contribution in [1.82, 2.24) is 4.57 Å².